The summed E-state index contributed by atoms with van der Waals surface area (Å²) in [5.74, 6) is 1.80. The highest BCUT2D eigenvalue weighted by atomic mass is 127. The van der Waals surface area contributed by atoms with Crippen LogP contribution in [0.25, 0.3) is 0 Å². The zero-order valence-corrected chi connectivity index (χ0v) is 16.4. The topological polar surface area (TPSA) is 78.1 Å². The normalized spacial score (nSPS) is 13.3. The number of aliphatic imine (C=N–C) groups is 1. The lowest BCUT2D eigenvalue weighted by atomic mass is 10.3. The van der Waals surface area contributed by atoms with Crippen molar-refractivity contribution in [2.75, 3.05) is 31.7 Å². The summed E-state index contributed by atoms with van der Waals surface area (Å²) < 4.78 is 29.7. The maximum Gasteiger partial charge on any atom is 0.193 e. The second kappa shape index (κ2) is 10.0. The lowest BCUT2D eigenvalue weighted by molar-refractivity contribution is 0.297. The monoisotopic (exact) mass is 473 g/mol. The van der Waals surface area contributed by atoms with Crippen LogP contribution in [-0.2, 0) is 0 Å². The predicted molar refractivity (Wildman–Crippen MR) is 109 cm³/mol. The number of hydrogen-bond acceptors (Lipinski definition) is 4. The molecule has 0 unspecified atom stereocenters. The van der Waals surface area contributed by atoms with Gasteiger partial charge < -0.3 is 25.3 Å². The Morgan fingerprint density at radius 1 is 1.15 bits per heavy atom. The molecule has 26 heavy (non-hydrogen) atoms. The molecule has 0 aromatic heterocycles. The first-order valence-corrected chi connectivity index (χ1v) is 8.06. The number of fused-ring (bicyclic) bond motifs is 1. The molecule has 3 N–H and O–H groups in total. The summed E-state index contributed by atoms with van der Waals surface area (Å²) in [6.45, 7) is 1.92. The second-order valence-corrected chi connectivity index (χ2v) is 5.41. The molecular formula is C18H21FIN3O3. The first-order chi connectivity index (χ1) is 12.2. The number of benzene rings is 2. The van der Waals surface area contributed by atoms with E-state index in [0.717, 1.165) is 17.9 Å². The number of ether oxygens (including phenoxy) is 3. The van der Waals surface area contributed by atoms with Crippen LogP contribution in [0, 0.1) is 5.82 Å². The molecule has 0 amide bonds. The highest BCUT2D eigenvalue weighted by molar-refractivity contribution is 14.0. The van der Waals surface area contributed by atoms with Crippen molar-refractivity contribution < 1.29 is 18.6 Å². The van der Waals surface area contributed by atoms with E-state index in [4.69, 9.17) is 19.9 Å². The Bertz CT molecular complexity index is 758. The maximum absolute atomic E-state index is 13.0. The van der Waals surface area contributed by atoms with E-state index < -0.39 is 0 Å². The number of rotatable bonds is 5. The van der Waals surface area contributed by atoms with E-state index in [2.05, 4.69) is 10.3 Å². The quantitative estimate of drug-likeness (QED) is 0.301. The third-order valence-electron chi connectivity index (χ3n) is 3.46. The van der Waals surface area contributed by atoms with Crippen molar-refractivity contribution in [2.24, 2.45) is 10.7 Å². The van der Waals surface area contributed by atoms with E-state index >= 15 is 0 Å². The zero-order chi connectivity index (χ0) is 17.5. The van der Waals surface area contributed by atoms with Crippen LogP contribution in [0.4, 0.5) is 10.1 Å². The summed E-state index contributed by atoms with van der Waals surface area (Å²) in [6.07, 6.45) is 0.854. The third-order valence-corrected chi connectivity index (χ3v) is 3.46. The van der Waals surface area contributed by atoms with E-state index in [0.29, 0.717) is 37.9 Å². The van der Waals surface area contributed by atoms with Crippen LogP contribution < -0.4 is 25.3 Å². The lowest BCUT2D eigenvalue weighted by Crippen LogP contribution is -2.23. The molecule has 1 heterocycles. The molecule has 0 aliphatic carbocycles. The van der Waals surface area contributed by atoms with Gasteiger partial charge in [0, 0.05) is 24.2 Å². The molecule has 2 aromatic carbocycles. The zero-order valence-electron chi connectivity index (χ0n) is 14.1. The smallest absolute Gasteiger partial charge is 0.193 e. The van der Waals surface area contributed by atoms with Gasteiger partial charge in [0.05, 0.1) is 19.8 Å². The fraction of sp³-hybridized carbons (Fsp3) is 0.278. The van der Waals surface area contributed by atoms with Crippen LogP contribution in [-0.4, -0.2) is 32.3 Å². The predicted octanol–water partition coefficient (Wildman–Crippen LogP) is 3.41. The van der Waals surface area contributed by atoms with Crippen molar-refractivity contribution in [3.05, 3.63) is 48.3 Å². The molecule has 0 fully saturated rings. The first kappa shape index (κ1) is 20.1. The van der Waals surface area contributed by atoms with Gasteiger partial charge in [0.15, 0.2) is 17.5 Å². The fourth-order valence-corrected chi connectivity index (χ4v) is 2.31. The van der Waals surface area contributed by atoms with Crippen LogP contribution in [0.1, 0.15) is 6.42 Å². The van der Waals surface area contributed by atoms with Crippen molar-refractivity contribution in [3.63, 3.8) is 0 Å². The Morgan fingerprint density at radius 3 is 2.77 bits per heavy atom. The average molecular weight is 473 g/mol. The number of nitrogens with zero attached hydrogens (tertiary/aromatic N) is 1. The van der Waals surface area contributed by atoms with Crippen molar-refractivity contribution in [3.8, 4) is 17.2 Å². The molecular weight excluding hydrogens is 452 g/mol. The maximum atomic E-state index is 13.0. The molecule has 2 aromatic rings. The Hall–Kier alpha value is -2.23. The summed E-state index contributed by atoms with van der Waals surface area (Å²) in [5, 5.41) is 3.00. The molecule has 0 saturated carbocycles. The summed E-state index contributed by atoms with van der Waals surface area (Å²) in [7, 11) is 0. The number of halogens is 2. The van der Waals surface area contributed by atoms with E-state index in [1.807, 2.05) is 18.2 Å². The average Bonchev–Trinajstić information content (AvgIpc) is 2.84. The number of nitrogens with one attached hydrogen (secondary N) is 1. The Labute approximate surface area is 168 Å². The largest absolute Gasteiger partial charge is 0.492 e. The number of anilines is 1. The van der Waals surface area contributed by atoms with Gasteiger partial charge in [-0.3, -0.25) is 0 Å². The van der Waals surface area contributed by atoms with Gasteiger partial charge >= 0.3 is 0 Å². The summed E-state index contributed by atoms with van der Waals surface area (Å²) in [5.41, 5.74) is 6.63. The van der Waals surface area contributed by atoms with Gasteiger partial charge in [-0.2, -0.15) is 0 Å². The van der Waals surface area contributed by atoms with E-state index in [-0.39, 0.29) is 35.8 Å². The minimum absolute atomic E-state index is 0. The molecule has 1 aliphatic rings. The summed E-state index contributed by atoms with van der Waals surface area (Å²) in [6, 6.07) is 11.5. The van der Waals surface area contributed by atoms with Crippen molar-refractivity contribution >= 4 is 35.6 Å². The van der Waals surface area contributed by atoms with Crippen molar-refractivity contribution in [2.45, 2.75) is 6.42 Å². The Morgan fingerprint density at radius 2 is 1.96 bits per heavy atom. The molecule has 1 aliphatic heterocycles. The highest BCUT2D eigenvalue weighted by Gasteiger charge is 2.10. The number of guanidine groups is 1. The molecule has 0 saturated heterocycles. The van der Waals surface area contributed by atoms with Gasteiger partial charge in [-0.25, -0.2) is 9.38 Å². The lowest BCUT2D eigenvalue weighted by Gasteiger charge is -2.11. The number of nitrogens with two attached hydrogens (primary N) is 1. The number of hydrogen-bond donors (Lipinski definition) is 2. The molecule has 8 heteroatoms. The van der Waals surface area contributed by atoms with Gasteiger partial charge in [0.2, 0.25) is 0 Å². The SMILES string of the molecule is I.NC(=NCCOc1cccc(F)c1)Nc1ccc2c(c1)OCCCO2. The summed E-state index contributed by atoms with van der Waals surface area (Å²) >= 11 is 0. The van der Waals surface area contributed by atoms with Crippen molar-refractivity contribution in [1.82, 2.24) is 0 Å². The van der Waals surface area contributed by atoms with Gasteiger partial charge in [-0.1, -0.05) is 6.07 Å². The Kier molecular flexibility index (Phi) is 7.76. The van der Waals surface area contributed by atoms with E-state index in [1.54, 1.807) is 12.1 Å². The van der Waals surface area contributed by atoms with Gasteiger partial charge in [0.1, 0.15) is 18.2 Å². The van der Waals surface area contributed by atoms with E-state index in [9.17, 15) is 4.39 Å². The van der Waals surface area contributed by atoms with Gasteiger partial charge in [-0.05, 0) is 24.3 Å². The van der Waals surface area contributed by atoms with E-state index in [1.165, 1.54) is 12.1 Å². The van der Waals surface area contributed by atoms with Gasteiger partial charge in [-0.15, -0.1) is 24.0 Å². The minimum atomic E-state index is -0.336. The molecule has 0 spiro atoms. The molecule has 0 atom stereocenters. The van der Waals surface area contributed by atoms with Crippen LogP contribution in [0.15, 0.2) is 47.5 Å². The van der Waals surface area contributed by atoms with Crippen LogP contribution in [0.2, 0.25) is 0 Å². The van der Waals surface area contributed by atoms with Crippen molar-refractivity contribution in [1.29, 1.82) is 0 Å². The van der Waals surface area contributed by atoms with Crippen LogP contribution >= 0.6 is 24.0 Å². The minimum Gasteiger partial charge on any atom is -0.492 e. The summed E-state index contributed by atoms with van der Waals surface area (Å²) in [4.78, 5) is 4.18. The molecule has 6 nitrogen and oxygen atoms in total. The van der Waals surface area contributed by atoms with Crippen LogP contribution in [0.5, 0.6) is 17.2 Å². The van der Waals surface area contributed by atoms with Gasteiger partial charge in [0.25, 0.3) is 0 Å². The second-order valence-electron chi connectivity index (χ2n) is 5.41. The highest BCUT2D eigenvalue weighted by Crippen LogP contribution is 2.32. The molecule has 3 rings (SSSR count). The van der Waals surface area contributed by atoms with Crippen LogP contribution in [0.3, 0.4) is 0 Å². The standard InChI is InChI=1S/C18H20FN3O3.HI/c19-13-3-1-4-15(11-13)23-10-7-21-18(20)22-14-5-6-16-17(12-14)25-9-2-8-24-16;/h1,3-6,11-12H,2,7-10H2,(H3,20,21,22);1H. The first-order valence-electron chi connectivity index (χ1n) is 8.06. The molecule has 140 valence electrons. The Balaban J connectivity index is 0.00000243. The molecule has 0 radical (unpaired) electrons. The third kappa shape index (κ3) is 5.94. The fourth-order valence-electron chi connectivity index (χ4n) is 2.31. The molecule has 0 bridgehead atoms.